The van der Waals surface area contributed by atoms with Gasteiger partial charge in [0.25, 0.3) is 0 Å². The fourth-order valence-electron chi connectivity index (χ4n) is 7.10. The fourth-order valence-corrected chi connectivity index (χ4v) is 7.10. The van der Waals surface area contributed by atoms with Gasteiger partial charge in [-0.25, -0.2) is 9.59 Å². The highest BCUT2D eigenvalue weighted by Crippen LogP contribution is 2.28. The van der Waals surface area contributed by atoms with E-state index < -0.39 is 59.3 Å². The van der Waals surface area contributed by atoms with Gasteiger partial charge in [-0.1, -0.05) is 80.9 Å². The van der Waals surface area contributed by atoms with Gasteiger partial charge in [-0.3, -0.25) is 0 Å². The SMILES string of the molecule is CC(C)(C)OC(=O)N[C@@H](Cc1ccccc1)C(O)CN.CCC(C=O)CCC1(C)OCCO1.CCC(CCC1(C)OCCO1)CNCC(O)[C@H](Cc1ccccc1)NC(=O)OC(C)(C)C. The molecule has 0 spiro atoms. The summed E-state index contributed by atoms with van der Waals surface area (Å²) in [4.78, 5) is 34.7. The van der Waals surface area contributed by atoms with Crippen LogP contribution in [0, 0.1) is 11.8 Å². The molecule has 2 saturated heterocycles. The lowest BCUT2D eigenvalue weighted by Crippen LogP contribution is -2.50. The van der Waals surface area contributed by atoms with Crippen LogP contribution in [-0.2, 0) is 46.1 Å². The van der Waals surface area contributed by atoms with Gasteiger partial charge in [-0.15, -0.1) is 0 Å². The number of aldehydes is 1. The van der Waals surface area contributed by atoms with E-state index in [1.807, 2.05) is 102 Å². The summed E-state index contributed by atoms with van der Waals surface area (Å²) in [6, 6.07) is 18.5. The molecule has 0 aliphatic carbocycles. The summed E-state index contributed by atoms with van der Waals surface area (Å²) in [6.07, 6.45) is 4.85. The van der Waals surface area contributed by atoms with E-state index in [2.05, 4.69) is 22.9 Å². The number of hydrogen-bond acceptors (Lipinski definition) is 13. The van der Waals surface area contributed by atoms with E-state index in [0.29, 0.717) is 51.7 Å². The molecule has 7 N–H and O–H groups in total. The highest BCUT2D eigenvalue weighted by Gasteiger charge is 2.33. The minimum Gasteiger partial charge on any atom is -0.444 e. The maximum Gasteiger partial charge on any atom is 0.407 e. The molecule has 15 nitrogen and oxygen atoms in total. The molecule has 4 unspecified atom stereocenters. The summed E-state index contributed by atoms with van der Waals surface area (Å²) >= 11 is 0. The van der Waals surface area contributed by atoms with E-state index in [1.165, 1.54) is 0 Å². The minimum atomic E-state index is -0.817. The van der Waals surface area contributed by atoms with Gasteiger partial charge in [0.05, 0.1) is 50.7 Å². The number of carbonyl (C=O) groups is 3. The highest BCUT2D eigenvalue weighted by atomic mass is 16.7. The monoisotopic (exact) mass is 917 g/mol. The Balaban J connectivity index is 0.000000373. The summed E-state index contributed by atoms with van der Waals surface area (Å²) < 4.78 is 32.9. The van der Waals surface area contributed by atoms with Crippen molar-refractivity contribution in [1.29, 1.82) is 0 Å². The van der Waals surface area contributed by atoms with E-state index in [9.17, 15) is 24.6 Å². The molecule has 4 rings (SSSR count). The molecule has 370 valence electrons. The first-order valence-corrected chi connectivity index (χ1v) is 23.5. The number of alkyl carbamates (subject to hydrolysis) is 2. The molecule has 2 aromatic carbocycles. The number of aliphatic hydroxyl groups excluding tert-OH is 2. The molecule has 65 heavy (non-hydrogen) atoms. The third kappa shape index (κ3) is 25.2. The maximum absolute atomic E-state index is 12.3. The second-order valence-corrected chi connectivity index (χ2v) is 19.2. The summed E-state index contributed by atoms with van der Waals surface area (Å²) in [5.41, 5.74) is 6.38. The first kappa shape index (κ1) is 57.5. The number of carbonyl (C=O) groups excluding carboxylic acids is 3. The van der Waals surface area contributed by atoms with Crippen molar-refractivity contribution in [2.24, 2.45) is 17.6 Å². The Labute approximate surface area is 389 Å². The first-order chi connectivity index (χ1) is 30.6. The smallest absolute Gasteiger partial charge is 0.407 e. The number of nitrogens with one attached hydrogen (secondary N) is 3. The zero-order valence-corrected chi connectivity index (χ0v) is 41.1. The number of benzene rings is 2. The van der Waals surface area contributed by atoms with Crippen LogP contribution < -0.4 is 21.7 Å². The van der Waals surface area contributed by atoms with Crippen LogP contribution in [-0.4, -0.2) is 122 Å². The van der Waals surface area contributed by atoms with Gasteiger partial charge in [-0.2, -0.15) is 0 Å². The standard InChI is InChI=1S/C25H42N2O5.C15H24N2O3.C10H18O3/c1-6-19(12-13-25(5)30-14-15-31-25)17-26-18-22(28)21(16-20-10-8-7-9-11-20)27-23(29)32-24(2,3)4;1-15(2,3)20-14(19)17-12(13(18)10-16)9-11-7-5-4-6-8-11;1-3-9(8-11)4-5-10(2)12-6-7-13-10/h7-11,19,21-22,26,28H,6,12-18H2,1-5H3,(H,27,29);4-8,12-13,18H,9-10,16H2,1-3H3,(H,17,19);8-9H,3-7H2,1-2H3/t19?,21-,22?;12-,13?;/m00./s1. The predicted octanol–water partition coefficient (Wildman–Crippen LogP) is 6.84. The highest BCUT2D eigenvalue weighted by molar-refractivity contribution is 5.68. The van der Waals surface area contributed by atoms with Crippen molar-refractivity contribution in [3.05, 3.63) is 71.8 Å². The van der Waals surface area contributed by atoms with E-state index in [1.54, 1.807) is 20.8 Å². The van der Waals surface area contributed by atoms with Crippen molar-refractivity contribution in [2.45, 2.75) is 168 Å². The topological polar surface area (TPSA) is 209 Å². The second-order valence-electron chi connectivity index (χ2n) is 19.2. The van der Waals surface area contributed by atoms with Crippen molar-refractivity contribution < 1.29 is 53.0 Å². The van der Waals surface area contributed by atoms with Crippen molar-refractivity contribution in [1.82, 2.24) is 16.0 Å². The van der Waals surface area contributed by atoms with Crippen LogP contribution in [0.25, 0.3) is 0 Å². The molecule has 2 amide bonds. The molecule has 2 aliphatic rings. The Kier molecular flexibility index (Phi) is 25.8. The lowest BCUT2D eigenvalue weighted by atomic mass is 9.96. The van der Waals surface area contributed by atoms with Crippen LogP contribution in [0.15, 0.2) is 60.7 Å². The summed E-state index contributed by atoms with van der Waals surface area (Å²) in [6.45, 7) is 22.9. The largest absolute Gasteiger partial charge is 0.444 e. The van der Waals surface area contributed by atoms with Gasteiger partial charge in [0, 0.05) is 31.8 Å². The Bertz CT molecular complexity index is 1590. The Hall–Kier alpha value is -3.67. The van der Waals surface area contributed by atoms with E-state index in [4.69, 9.17) is 34.2 Å². The van der Waals surface area contributed by atoms with E-state index in [-0.39, 0.29) is 12.5 Å². The van der Waals surface area contributed by atoms with E-state index in [0.717, 1.165) is 62.5 Å². The Morgan fingerprint density at radius 3 is 1.48 bits per heavy atom. The van der Waals surface area contributed by atoms with Crippen LogP contribution in [0.5, 0.6) is 0 Å². The van der Waals surface area contributed by atoms with Crippen LogP contribution in [0.3, 0.4) is 0 Å². The number of rotatable bonds is 22. The minimum absolute atomic E-state index is 0.0767. The molecule has 2 aliphatic heterocycles. The third-order valence-corrected chi connectivity index (χ3v) is 11.0. The number of aliphatic hydroxyl groups is 2. The summed E-state index contributed by atoms with van der Waals surface area (Å²) in [7, 11) is 0. The maximum atomic E-state index is 12.3. The van der Waals surface area contributed by atoms with Gasteiger partial charge in [0.1, 0.15) is 17.5 Å². The molecule has 0 saturated carbocycles. The molecule has 0 bridgehead atoms. The molecule has 2 aromatic rings. The van der Waals surface area contributed by atoms with E-state index >= 15 is 0 Å². The number of ether oxygens (including phenoxy) is 6. The molecule has 0 aromatic heterocycles. The van der Waals surface area contributed by atoms with Crippen molar-refractivity contribution in [3.8, 4) is 0 Å². The second kappa shape index (κ2) is 29.2. The molecule has 6 atom stereocenters. The summed E-state index contributed by atoms with van der Waals surface area (Å²) in [5.74, 6) is -0.288. The average Bonchev–Trinajstić information content (AvgIpc) is 3.89. The average molecular weight is 917 g/mol. The molecular formula is C50H84N4O11. The zero-order valence-electron chi connectivity index (χ0n) is 41.1. The quantitative estimate of drug-likeness (QED) is 0.0670. The van der Waals surface area contributed by atoms with Gasteiger partial charge in [0.2, 0.25) is 0 Å². The number of hydrogen-bond donors (Lipinski definition) is 6. The van der Waals surface area contributed by atoms with Gasteiger partial charge in [0.15, 0.2) is 11.6 Å². The normalized spacial score (nSPS) is 18.2. The lowest BCUT2D eigenvalue weighted by molar-refractivity contribution is -0.149. The van der Waals surface area contributed by atoms with Gasteiger partial charge in [-0.05, 0) is 111 Å². The molecular weight excluding hydrogens is 833 g/mol. The fraction of sp³-hybridized carbons (Fsp3) is 0.700. The number of nitrogens with two attached hydrogens (primary N) is 1. The predicted molar refractivity (Wildman–Crippen MR) is 253 cm³/mol. The van der Waals surface area contributed by atoms with Crippen LogP contribution in [0.4, 0.5) is 9.59 Å². The molecule has 15 heteroatoms. The van der Waals surface area contributed by atoms with Crippen molar-refractivity contribution in [2.75, 3.05) is 46.1 Å². The van der Waals surface area contributed by atoms with Crippen LogP contribution in [0.2, 0.25) is 0 Å². The molecule has 0 radical (unpaired) electrons. The zero-order chi connectivity index (χ0) is 48.5. The lowest BCUT2D eigenvalue weighted by Gasteiger charge is -2.28. The molecule has 2 fully saturated rings. The van der Waals surface area contributed by atoms with Gasteiger partial charge >= 0.3 is 12.2 Å². The Morgan fingerprint density at radius 2 is 1.11 bits per heavy atom. The summed E-state index contributed by atoms with van der Waals surface area (Å²) in [5, 5.41) is 29.7. The first-order valence-electron chi connectivity index (χ1n) is 23.5. The third-order valence-electron chi connectivity index (χ3n) is 11.0. The van der Waals surface area contributed by atoms with Crippen LogP contribution >= 0.6 is 0 Å². The number of amides is 2. The van der Waals surface area contributed by atoms with Crippen molar-refractivity contribution >= 4 is 18.5 Å². The molecule has 2 heterocycles. The van der Waals surface area contributed by atoms with Crippen LogP contribution in [0.1, 0.15) is 119 Å². The Morgan fingerprint density at radius 1 is 0.692 bits per heavy atom. The van der Waals surface area contributed by atoms with Crippen molar-refractivity contribution in [3.63, 3.8) is 0 Å². The van der Waals surface area contributed by atoms with Gasteiger partial charge < -0.3 is 65.1 Å².